The second-order valence-electron chi connectivity index (χ2n) is 9.81. The second-order valence-corrected chi connectivity index (χ2v) is 9.81. The van der Waals surface area contributed by atoms with Crippen molar-refractivity contribution in [1.82, 2.24) is 25.1 Å². The number of amides is 4. The fourth-order valence-corrected chi connectivity index (χ4v) is 5.56. The average molecular weight is 543 g/mol. The first-order valence-corrected chi connectivity index (χ1v) is 13.0. The van der Waals surface area contributed by atoms with Gasteiger partial charge in [0.15, 0.2) is 0 Å². The Morgan fingerprint density at radius 3 is 2.55 bits per heavy atom. The standard InChI is InChI=1S/C29H30N6O5/c1-3-15-32(29(38)30-2)33-19-27(36)34-25(16-20-11-13-23(14-12-20)35(39)40)28(37)31(18-26(33)34)17-22-9-6-8-21-7-4-5-10-24(21)22/h3-14,25-26H,1,15-19H2,2H3,(H,30,38)/t25-,26+/m0/s1. The molecule has 0 aromatic heterocycles. The van der Waals surface area contributed by atoms with Crippen LogP contribution in [0.3, 0.4) is 0 Å². The van der Waals surface area contributed by atoms with Crippen molar-refractivity contribution in [3.63, 3.8) is 0 Å². The number of hydrazine groups is 1. The normalized spacial score (nSPS) is 19.0. The fourth-order valence-electron chi connectivity index (χ4n) is 5.56. The average Bonchev–Trinajstić information content (AvgIpc) is 3.29. The predicted octanol–water partition coefficient (Wildman–Crippen LogP) is 2.91. The molecule has 3 aromatic rings. The molecule has 2 heterocycles. The van der Waals surface area contributed by atoms with Crippen molar-refractivity contribution in [2.75, 3.05) is 26.7 Å². The maximum absolute atomic E-state index is 14.0. The zero-order chi connectivity index (χ0) is 28.4. The van der Waals surface area contributed by atoms with E-state index in [2.05, 4.69) is 11.9 Å². The molecule has 11 nitrogen and oxygen atoms in total. The smallest absolute Gasteiger partial charge is 0.332 e. The first-order chi connectivity index (χ1) is 19.3. The Kier molecular flexibility index (Phi) is 7.47. The van der Waals surface area contributed by atoms with E-state index in [-0.39, 0.29) is 49.6 Å². The van der Waals surface area contributed by atoms with Crippen LogP contribution in [0, 0.1) is 10.1 Å². The molecule has 3 aromatic carbocycles. The lowest BCUT2D eigenvalue weighted by molar-refractivity contribution is -0.384. The highest BCUT2D eigenvalue weighted by atomic mass is 16.6. The van der Waals surface area contributed by atoms with Gasteiger partial charge in [-0.15, -0.1) is 6.58 Å². The topological polar surface area (TPSA) is 119 Å². The highest BCUT2D eigenvalue weighted by molar-refractivity contribution is 5.92. The molecule has 0 saturated carbocycles. The summed E-state index contributed by atoms with van der Waals surface area (Å²) >= 11 is 0. The molecule has 2 saturated heterocycles. The number of nitrogens with zero attached hydrogens (tertiary/aromatic N) is 5. The molecule has 2 fully saturated rings. The monoisotopic (exact) mass is 542 g/mol. The molecule has 40 heavy (non-hydrogen) atoms. The van der Waals surface area contributed by atoms with Crippen LogP contribution in [0.25, 0.3) is 10.8 Å². The molecule has 4 amide bonds. The Morgan fingerprint density at radius 1 is 1.12 bits per heavy atom. The van der Waals surface area contributed by atoms with E-state index in [4.69, 9.17) is 0 Å². The third-order valence-electron chi connectivity index (χ3n) is 7.44. The van der Waals surface area contributed by atoms with Gasteiger partial charge in [-0.25, -0.2) is 4.79 Å². The number of hydrogen-bond acceptors (Lipinski definition) is 6. The summed E-state index contributed by atoms with van der Waals surface area (Å²) in [6.45, 7) is 4.39. The van der Waals surface area contributed by atoms with Gasteiger partial charge in [-0.1, -0.05) is 60.7 Å². The number of rotatable bonds is 8. The van der Waals surface area contributed by atoms with E-state index in [1.54, 1.807) is 33.0 Å². The van der Waals surface area contributed by atoms with Gasteiger partial charge in [-0.2, -0.15) is 5.01 Å². The number of non-ortho nitro benzene ring substituents is 1. The molecular weight excluding hydrogens is 512 g/mol. The molecule has 1 N–H and O–H groups in total. The minimum absolute atomic E-state index is 0.0525. The highest BCUT2D eigenvalue weighted by Crippen LogP contribution is 2.31. The molecule has 0 bridgehead atoms. The molecule has 2 aliphatic heterocycles. The molecule has 2 aliphatic rings. The molecule has 0 radical (unpaired) electrons. The molecule has 5 rings (SSSR count). The Labute approximate surface area is 231 Å². The lowest BCUT2D eigenvalue weighted by Gasteiger charge is -2.46. The van der Waals surface area contributed by atoms with Gasteiger partial charge in [0.05, 0.1) is 24.6 Å². The molecule has 2 atom stereocenters. The van der Waals surface area contributed by atoms with Gasteiger partial charge in [0.2, 0.25) is 11.8 Å². The lowest BCUT2D eigenvalue weighted by atomic mass is 9.99. The summed E-state index contributed by atoms with van der Waals surface area (Å²) in [5.74, 6) is -0.485. The van der Waals surface area contributed by atoms with Crippen LogP contribution in [0.1, 0.15) is 11.1 Å². The highest BCUT2D eigenvalue weighted by Gasteiger charge is 2.52. The first-order valence-electron chi connectivity index (χ1n) is 13.0. The zero-order valence-corrected chi connectivity index (χ0v) is 22.1. The van der Waals surface area contributed by atoms with Gasteiger partial charge in [-0.05, 0) is 21.9 Å². The van der Waals surface area contributed by atoms with Crippen molar-refractivity contribution in [3.05, 3.63) is 101 Å². The number of nitro groups is 1. The Bertz CT molecular complexity index is 1470. The number of fused-ring (bicyclic) bond motifs is 2. The Morgan fingerprint density at radius 2 is 1.85 bits per heavy atom. The molecule has 206 valence electrons. The van der Waals surface area contributed by atoms with Gasteiger partial charge in [0, 0.05) is 32.1 Å². The Balaban J connectivity index is 1.52. The van der Waals surface area contributed by atoms with Gasteiger partial charge in [0.1, 0.15) is 12.2 Å². The van der Waals surface area contributed by atoms with Crippen molar-refractivity contribution >= 4 is 34.3 Å². The van der Waals surface area contributed by atoms with E-state index in [1.165, 1.54) is 24.2 Å². The van der Waals surface area contributed by atoms with Gasteiger partial charge >= 0.3 is 6.03 Å². The summed E-state index contributed by atoms with van der Waals surface area (Å²) in [5.41, 5.74) is 1.61. The number of nitro benzene ring substituents is 1. The second kappa shape index (κ2) is 11.1. The van der Waals surface area contributed by atoms with E-state index in [9.17, 15) is 24.5 Å². The summed E-state index contributed by atoms with van der Waals surface area (Å²) in [7, 11) is 1.52. The van der Waals surface area contributed by atoms with Gasteiger partial charge in [-0.3, -0.25) is 24.7 Å². The lowest BCUT2D eigenvalue weighted by Crippen LogP contribution is -2.65. The van der Waals surface area contributed by atoms with Gasteiger partial charge in [0.25, 0.3) is 5.69 Å². The number of urea groups is 1. The zero-order valence-electron chi connectivity index (χ0n) is 22.1. The van der Waals surface area contributed by atoms with Crippen LogP contribution >= 0.6 is 0 Å². The first kappa shape index (κ1) is 26.8. The van der Waals surface area contributed by atoms with Crippen LogP contribution in [-0.2, 0) is 22.6 Å². The summed E-state index contributed by atoms with van der Waals surface area (Å²) in [5, 5.41) is 19.0. The predicted molar refractivity (Wildman–Crippen MR) is 149 cm³/mol. The third kappa shape index (κ3) is 4.98. The van der Waals surface area contributed by atoms with Crippen LogP contribution < -0.4 is 5.32 Å². The van der Waals surface area contributed by atoms with Crippen molar-refractivity contribution in [2.45, 2.75) is 25.2 Å². The minimum atomic E-state index is -0.844. The summed E-state index contributed by atoms with van der Waals surface area (Å²) in [6.07, 6.45) is 1.18. The maximum Gasteiger partial charge on any atom is 0.332 e. The molecule has 11 heteroatoms. The number of piperazine rings is 1. The molecular formula is C29H30N6O5. The molecule has 0 spiro atoms. The number of carbonyl (C=O) groups is 3. The van der Waals surface area contributed by atoms with E-state index < -0.39 is 17.1 Å². The van der Waals surface area contributed by atoms with E-state index in [0.717, 1.165) is 16.3 Å². The molecule has 0 aliphatic carbocycles. The van der Waals surface area contributed by atoms with Crippen LogP contribution in [0.2, 0.25) is 0 Å². The third-order valence-corrected chi connectivity index (χ3v) is 7.44. The number of hydrogen-bond donors (Lipinski definition) is 1. The van der Waals surface area contributed by atoms with Crippen molar-refractivity contribution in [1.29, 1.82) is 0 Å². The Hall–Kier alpha value is -4.77. The number of carbonyl (C=O) groups excluding carboxylic acids is 3. The van der Waals surface area contributed by atoms with E-state index >= 15 is 0 Å². The van der Waals surface area contributed by atoms with Crippen LogP contribution in [0.5, 0.6) is 0 Å². The largest absolute Gasteiger partial charge is 0.340 e. The van der Waals surface area contributed by atoms with Crippen molar-refractivity contribution in [2.24, 2.45) is 0 Å². The van der Waals surface area contributed by atoms with Crippen LogP contribution in [0.4, 0.5) is 10.5 Å². The minimum Gasteiger partial charge on any atom is -0.340 e. The molecule has 0 unspecified atom stereocenters. The SMILES string of the molecule is C=CCN(C(=O)NC)N1CC(=O)N2[C@@H](Cc3ccc([N+](=O)[O-])cc3)C(=O)N(Cc3cccc4ccccc34)C[C@@H]21. The van der Waals surface area contributed by atoms with Crippen molar-refractivity contribution in [3.8, 4) is 0 Å². The van der Waals surface area contributed by atoms with Crippen LogP contribution in [0.15, 0.2) is 79.4 Å². The summed E-state index contributed by atoms with van der Waals surface area (Å²) < 4.78 is 0. The van der Waals surface area contributed by atoms with E-state index in [0.29, 0.717) is 12.1 Å². The summed E-state index contributed by atoms with van der Waals surface area (Å²) in [4.78, 5) is 54.1. The van der Waals surface area contributed by atoms with Crippen molar-refractivity contribution < 1.29 is 19.3 Å². The summed E-state index contributed by atoms with van der Waals surface area (Å²) in [6, 6.07) is 18.7. The maximum atomic E-state index is 14.0. The van der Waals surface area contributed by atoms with Crippen LogP contribution in [-0.4, -0.2) is 81.5 Å². The van der Waals surface area contributed by atoms with Gasteiger partial charge < -0.3 is 15.1 Å². The fraction of sp³-hybridized carbons (Fsp3) is 0.276. The number of benzene rings is 3. The quantitative estimate of drug-likeness (QED) is 0.266. The number of nitrogens with one attached hydrogen (secondary N) is 1. The van der Waals surface area contributed by atoms with E-state index in [1.807, 2.05) is 42.5 Å².